The van der Waals surface area contributed by atoms with E-state index in [1.54, 1.807) is 18.3 Å². The predicted molar refractivity (Wildman–Crippen MR) is 93.3 cm³/mol. The highest BCUT2D eigenvalue weighted by Gasteiger charge is 2.05. The average molecular weight is 330 g/mol. The molecule has 128 valence electrons. The number of amides is 2. The summed E-state index contributed by atoms with van der Waals surface area (Å²) in [5, 5.41) is 5.56. The van der Waals surface area contributed by atoms with Crippen molar-refractivity contribution < 1.29 is 9.18 Å². The van der Waals surface area contributed by atoms with E-state index in [2.05, 4.69) is 34.4 Å². The summed E-state index contributed by atoms with van der Waals surface area (Å²) in [5.41, 5.74) is 1.84. The lowest BCUT2D eigenvalue weighted by Gasteiger charge is -2.20. The third kappa shape index (κ3) is 5.22. The van der Waals surface area contributed by atoms with Gasteiger partial charge in [-0.15, -0.1) is 0 Å². The van der Waals surface area contributed by atoms with Gasteiger partial charge in [-0.2, -0.15) is 0 Å². The van der Waals surface area contributed by atoms with Crippen LogP contribution in [-0.4, -0.2) is 24.1 Å². The van der Waals surface area contributed by atoms with Crippen molar-refractivity contribution in [3.63, 3.8) is 0 Å². The Morgan fingerprint density at radius 1 is 1.04 bits per heavy atom. The molecule has 0 radical (unpaired) electrons. The van der Waals surface area contributed by atoms with Gasteiger partial charge in [0.1, 0.15) is 11.6 Å². The van der Waals surface area contributed by atoms with Gasteiger partial charge in [0.05, 0.1) is 0 Å². The number of hydrogen-bond acceptors (Lipinski definition) is 3. The molecule has 0 aliphatic rings. The summed E-state index contributed by atoms with van der Waals surface area (Å²) in [7, 11) is 0. The molecule has 2 N–H and O–H groups in total. The molecule has 24 heavy (non-hydrogen) atoms. The van der Waals surface area contributed by atoms with Gasteiger partial charge in [0.15, 0.2) is 0 Å². The van der Waals surface area contributed by atoms with E-state index >= 15 is 0 Å². The van der Waals surface area contributed by atoms with Crippen molar-refractivity contribution in [2.75, 3.05) is 18.0 Å². The maximum absolute atomic E-state index is 12.8. The topological polar surface area (TPSA) is 57.3 Å². The third-order valence-electron chi connectivity index (χ3n) is 3.72. The molecule has 0 saturated carbocycles. The second kappa shape index (κ2) is 8.86. The molecule has 0 fully saturated rings. The fourth-order valence-electron chi connectivity index (χ4n) is 2.32. The maximum Gasteiger partial charge on any atom is 0.315 e. The summed E-state index contributed by atoms with van der Waals surface area (Å²) >= 11 is 0. The van der Waals surface area contributed by atoms with Gasteiger partial charge in [0.25, 0.3) is 0 Å². The highest BCUT2D eigenvalue weighted by molar-refractivity contribution is 5.73. The number of carbonyl (C=O) groups excluding carboxylic acids is 1. The summed E-state index contributed by atoms with van der Waals surface area (Å²) in [6, 6.07) is 9.64. The van der Waals surface area contributed by atoms with Gasteiger partial charge in [-0.1, -0.05) is 12.1 Å². The maximum atomic E-state index is 12.8. The number of aromatic nitrogens is 1. The van der Waals surface area contributed by atoms with E-state index in [1.165, 1.54) is 12.1 Å². The van der Waals surface area contributed by atoms with Crippen LogP contribution in [0.15, 0.2) is 42.6 Å². The summed E-state index contributed by atoms with van der Waals surface area (Å²) < 4.78 is 12.8. The van der Waals surface area contributed by atoms with E-state index in [0.29, 0.717) is 13.1 Å². The summed E-state index contributed by atoms with van der Waals surface area (Å²) in [6.07, 6.45) is 1.75. The first-order chi connectivity index (χ1) is 11.6. The van der Waals surface area contributed by atoms with E-state index in [9.17, 15) is 9.18 Å². The lowest BCUT2D eigenvalue weighted by molar-refractivity contribution is 0.240. The second-order valence-electron chi connectivity index (χ2n) is 5.36. The predicted octanol–water partition coefficient (Wildman–Crippen LogP) is 3.07. The van der Waals surface area contributed by atoms with Crippen LogP contribution < -0.4 is 15.5 Å². The summed E-state index contributed by atoms with van der Waals surface area (Å²) in [6.45, 7) is 6.72. The second-order valence-corrected chi connectivity index (χ2v) is 5.36. The number of urea groups is 1. The fourth-order valence-corrected chi connectivity index (χ4v) is 2.32. The number of nitrogens with zero attached hydrogens (tertiary/aromatic N) is 2. The zero-order valence-electron chi connectivity index (χ0n) is 14.1. The number of nitrogens with one attached hydrogen (secondary N) is 2. The molecule has 2 amide bonds. The first-order valence-electron chi connectivity index (χ1n) is 8.08. The van der Waals surface area contributed by atoms with E-state index in [0.717, 1.165) is 30.0 Å². The quantitative estimate of drug-likeness (QED) is 0.820. The van der Waals surface area contributed by atoms with Crippen molar-refractivity contribution in [2.24, 2.45) is 0 Å². The number of anilines is 1. The van der Waals surface area contributed by atoms with Crippen molar-refractivity contribution in [2.45, 2.75) is 26.9 Å². The summed E-state index contributed by atoms with van der Waals surface area (Å²) in [4.78, 5) is 18.4. The Bertz CT molecular complexity index is 656. The highest BCUT2D eigenvalue weighted by atomic mass is 19.1. The molecule has 1 aromatic heterocycles. The number of hydrogen-bond donors (Lipinski definition) is 2. The SMILES string of the molecule is CCN(CC)c1cc(CNC(=O)NCc2ccc(F)cc2)ccn1. The van der Waals surface area contributed by atoms with Crippen LogP contribution in [0.4, 0.5) is 15.0 Å². The molecule has 0 saturated heterocycles. The van der Waals surface area contributed by atoms with Crippen LogP contribution in [0.2, 0.25) is 0 Å². The molecule has 0 unspecified atom stereocenters. The van der Waals surface area contributed by atoms with Crippen LogP contribution >= 0.6 is 0 Å². The third-order valence-corrected chi connectivity index (χ3v) is 3.72. The molecule has 2 rings (SSSR count). The average Bonchev–Trinajstić information content (AvgIpc) is 2.61. The molecule has 0 aliphatic heterocycles. The van der Waals surface area contributed by atoms with Crippen LogP contribution in [0.3, 0.4) is 0 Å². The monoisotopic (exact) mass is 330 g/mol. The van der Waals surface area contributed by atoms with Gasteiger partial charge in [-0.05, 0) is 49.2 Å². The first-order valence-corrected chi connectivity index (χ1v) is 8.08. The van der Waals surface area contributed by atoms with Gasteiger partial charge in [-0.25, -0.2) is 14.2 Å². The normalized spacial score (nSPS) is 10.3. The van der Waals surface area contributed by atoms with Crippen molar-refractivity contribution >= 4 is 11.8 Å². The van der Waals surface area contributed by atoms with Crippen LogP contribution in [0, 0.1) is 5.82 Å². The van der Waals surface area contributed by atoms with Crippen molar-refractivity contribution in [1.29, 1.82) is 0 Å². The zero-order chi connectivity index (χ0) is 17.4. The molecule has 0 bridgehead atoms. The minimum absolute atomic E-state index is 0.263. The Morgan fingerprint density at radius 2 is 1.67 bits per heavy atom. The smallest absolute Gasteiger partial charge is 0.315 e. The Hall–Kier alpha value is -2.63. The number of rotatable bonds is 7. The van der Waals surface area contributed by atoms with Gasteiger partial charge in [0.2, 0.25) is 0 Å². The van der Waals surface area contributed by atoms with Crippen molar-refractivity contribution in [1.82, 2.24) is 15.6 Å². The van der Waals surface area contributed by atoms with Gasteiger partial charge >= 0.3 is 6.03 Å². The summed E-state index contributed by atoms with van der Waals surface area (Å²) in [5.74, 6) is 0.621. The lowest BCUT2D eigenvalue weighted by Crippen LogP contribution is -2.34. The lowest BCUT2D eigenvalue weighted by atomic mass is 10.2. The van der Waals surface area contributed by atoms with Gasteiger partial charge < -0.3 is 15.5 Å². The van der Waals surface area contributed by atoms with Gasteiger partial charge in [-0.3, -0.25) is 0 Å². The fraction of sp³-hybridized carbons (Fsp3) is 0.333. The van der Waals surface area contributed by atoms with Crippen LogP contribution in [-0.2, 0) is 13.1 Å². The minimum atomic E-state index is -0.287. The van der Waals surface area contributed by atoms with Crippen LogP contribution in [0.25, 0.3) is 0 Å². The molecule has 1 aromatic carbocycles. The molecule has 0 spiro atoms. The molecular weight excluding hydrogens is 307 g/mol. The van der Waals surface area contributed by atoms with Crippen LogP contribution in [0.1, 0.15) is 25.0 Å². The Balaban J connectivity index is 1.83. The zero-order valence-corrected chi connectivity index (χ0v) is 14.1. The first kappa shape index (κ1) is 17.7. The van der Waals surface area contributed by atoms with E-state index in [1.807, 2.05) is 12.1 Å². The number of pyridine rings is 1. The number of halogens is 1. The van der Waals surface area contributed by atoms with Gasteiger partial charge in [0, 0.05) is 32.4 Å². The molecule has 0 atom stereocenters. The minimum Gasteiger partial charge on any atom is -0.357 e. The largest absolute Gasteiger partial charge is 0.357 e. The Morgan fingerprint density at radius 3 is 2.29 bits per heavy atom. The Kier molecular flexibility index (Phi) is 6.54. The molecule has 1 heterocycles. The molecule has 2 aromatic rings. The van der Waals surface area contributed by atoms with E-state index < -0.39 is 0 Å². The molecule has 0 aliphatic carbocycles. The van der Waals surface area contributed by atoms with Crippen molar-refractivity contribution in [3.05, 3.63) is 59.5 Å². The molecule has 5 nitrogen and oxygen atoms in total. The molecule has 6 heteroatoms. The Labute approximate surface area is 141 Å². The van der Waals surface area contributed by atoms with Crippen molar-refractivity contribution in [3.8, 4) is 0 Å². The standard InChI is InChI=1S/C18H23FN4O/c1-3-23(4-2)17-11-15(9-10-20-17)13-22-18(24)21-12-14-5-7-16(19)8-6-14/h5-11H,3-4,12-13H2,1-2H3,(H2,21,22,24). The molecular formula is C18H23FN4O. The van der Waals surface area contributed by atoms with E-state index in [-0.39, 0.29) is 11.8 Å². The van der Waals surface area contributed by atoms with E-state index in [4.69, 9.17) is 0 Å². The number of benzene rings is 1. The van der Waals surface area contributed by atoms with Crippen LogP contribution in [0.5, 0.6) is 0 Å². The number of carbonyl (C=O) groups is 1. The highest BCUT2D eigenvalue weighted by Crippen LogP contribution is 2.12.